The molecule has 1 aliphatic carbocycles. The normalized spacial score (nSPS) is 12.4. The summed E-state index contributed by atoms with van der Waals surface area (Å²) in [6, 6.07) is 16.3. The highest BCUT2D eigenvalue weighted by atomic mass is 14.2. The Bertz CT molecular complexity index is 495. The van der Waals surface area contributed by atoms with Crippen LogP contribution in [0, 0.1) is 13.0 Å². The first kappa shape index (κ1) is 7.81. The topological polar surface area (TPSA) is 0 Å². The van der Waals surface area contributed by atoms with E-state index in [1.54, 1.807) is 0 Å². The van der Waals surface area contributed by atoms with Crippen molar-refractivity contribution in [3.05, 3.63) is 59.2 Å². The average Bonchev–Trinajstić information content (AvgIpc) is 2.54. The number of hydrogen-bond acceptors (Lipinski definition) is 0. The molecule has 1 radical (unpaired) electrons. The van der Waals surface area contributed by atoms with Crippen molar-refractivity contribution in [3.63, 3.8) is 0 Å². The van der Waals surface area contributed by atoms with Crippen LogP contribution in [0.15, 0.2) is 36.4 Å². The van der Waals surface area contributed by atoms with Gasteiger partial charge in [0.05, 0.1) is 0 Å². The van der Waals surface area contributed by atoms with Crippen LogP contribution in [-0.2, 0) is 6.42 Å². The van der Waals surface area contributed by atoms with Crippen LogP contribution < -0.4 is 0 Å². The molecular formula is C14H11. The van der Waals surface area contributed by atoms with Crippen LogP contribution in [0.3, 0.4) is 0 Å². The van der Waals surface area contributed by atoms with E-state index >= 15 is 0 Å². The molecular weight excluding hydrogens is 168 g/mol. The molecule has 0 heteroatoms. The van der Waals surface area contributed by atoms with E-state index in [0.29, 0.717) is 0 Å². The van der Waals surface area contributed by atoms with Crippen molar-refractivity contribution in [1.29, 1.82) is 0 Å². The SMILES string of the molecule is Cc1ccc2c(c1)Cc1ccc[c]c1-2. The number of fused-ring (bicyclic) bond motifs is 3. The van der Waals surface area contributed by atoms with E-state index < -0.39 is 0 Å². The Labute approximate surface area is 84.2 Å². The summed E-state index contributed by atoms with van der Waals surface area (Å²) in [6.07, 6.45) is 1.07. The monoisotopic (exact) mass is 179 g/mol. The lowest BCUT2D eigenvalue weighted by Gasteiger charge is -2.00. The lowest BCUT2D eigenvalue weighted by molar-refractivity contribution is 1.25. The summed E-state index contributed by atoms with van der Waals surface area (Å²) < 4.78 is 0. The maximum Gasteiger partial charge on any atom is -0.00131 e. The van der Waals surface area contributed by atoms with Gasteiger partial charge in [-0.05, 0) is 41.7 Å². The number of aryl methyl sites for hydroxylation is 1. The van der Waals surface area contributed by atoms with Crippen LogP contribution in [0.4, 0.5) is 0 Å². The summed E-state index contributed by atoms with van der Waals surface area (Å²) in [7, 11) is 0. The molecule has 0 unspecified atom stereocenters. The lowest BCUT2D eigenvalue weighted by atomic mass is 10.0. The van der Waals surface area contributed by atoms with Crippen molar-refractivity contribution in [2.45, 2.75) is 13.3 Å². The molecule has 0 bridgehead atoms. The van der Waals surface area contributed by atoms with E-state index in [2.05, 4.69) is 43.3 Å². The minimum Gasteiger partial charge on any atom is -0.0613 e. The van der Waals surface area contributed by atoms with Crippen LogP contribution in [0.1, 0.15) is 16.7 Å². The van der Waals surface area contributed by atoms with Crippen molar-refractivity contribution in [1.82, 2.24) is 0 Å². The molecule has 0 atom stereocenters. The van der Waals surface area contributed by atoms with Gasteiger partial charge in [-0.3, -0.25) is 0 Å². The zero-order chi connectivity index (χ0) is 9.54. The molecule has 2 aromatic rings. The first-order chi connectivity index (χ1) is 6.84. The molecule has 0 spiro atoms. The molecule has 0 saturated carbocycles. The fourth-order valence-electron chi connectivity index (χ4n) is 2.19. The third-order valence-electron chi connectivity index (χ3n) is 2.85. The van der Waals surface area contributed by atoms with Gasteiger partial charge in [-0.25, -0.2) is 0 Å². The molecule has 0 aliphatic heterocycles. The Morgan fingerprint density at radius 2 is 2.07 bits per heavy atom. The number of hydrogen-bond donors (Lipinski definition) is 0. The third-order valence-corrected chi connectivity index (χ3v) is 2.85. The highest BCUT2D eigenvalue weighted by Gasteiger charge is 2.16. The molecule has 0 aromatic heterocycles. The smallest absolute Gasteiger partial charge is 0.00131 e. The number of rotatable bonds is 0. The Kier molecular flexibility index (Phi) is 1.51. The molecule has 0 heterocycles. The zero-order valence-corrected chi connectivity index (χ0v) is 8.17. The second kappa shape index (κ2) is 2.71. The van der Waals surface area contributed by atoms with Gasteiger partial charge in [0.25, 0.3) is 0 Å². The van der Waals surface area contributed by atoms with Crippen molar-refractivity contribution in [2.75, 3.05) is 0 Å². The fraction of sp³-hybridized carbons (Fsp3) is 0.143. The van der Waals surface area contributed by atoms with Gasteiger partial charge in [0.1, 0.15) is 0 Å². The summed E-state index contributed by atoms with van der Waals surface area (Å²) in [5.41, 5.74) is 6.86. The van der Waals surface area contributed by atoms with E-state index in [1.165, 1.54) is 27.8 Å². The second-order valence-corrected chi connectivity index (χ2v) is 3.91. The van der Waals surface area contributed by atoms with E-state index in [4.69, 9.17) is 0 Å². The quantitative estimate of drug-likeness (QED) is 0.496. The van der Waals surface area contributed by atoms with Crippen molar-refractivity contribution in [2.24, 2.45) is 0 Å². The van der Waals surface area contributed by atoms with Gasteiger partial charge >= 0.3 is 0 Å². The third kappa shape index (κ3) is 1.00. The zero-order valence-electron chi connectivity index (χ0n) is 8.17. The Morgan fingerprint density at radius 1 is 1.14 bits per heavy atom. The van der Waals surface area contributed by atoms with Gasteiger partial charge in [0.15, 0.2) is 0 Å². The van der Waals surface area contributed by atoms with Crippen molar-refractivity contribution >= 4 is 0 Å². The van der Waals surface area contributed by atoms with Crippen LogP contribution in [0.5, 0.6) is 0 Å². The Morgan fingerprint density at radius 3 is 3.00 bits per heavy atom. The van der Waals surface area contributed by atoms with Gasteiger partial charge < -0.3 is 0 Å². The van der Waals surface area contributed by atoms with Gasteiger partial charge in [0.2, 0.25) is 0 Å². The molecule has 0 fully saturated rings. The molecule has 14 heavy (non-hydrogen) atoms. The molecule has 0 N–H and O–H groups in total. The summed E-state index contributed by atoms with van der Waals surface area (Å²) in [4.78, 5) is 0. The molecule has 0 saturated heterocycles. The van der Waals surface area contributed by atoms with E-state index in [-0.39, 0.29) is 0 Å². The highest BCUT2D eigenvalue weighted by molar-refractivity contribution is 5.76. The molecule has 1 aliphatic rings. The van der Waals surface area contributed by atoms with Gasteiger partial charge in [-0.1, -0.05) is 42.0 Å². The van der Waals surface area contributed by atoms with Crippen LogP contribution in [0.2, 0.25) is 0 Å². The molecule has 67 valence electrons. The van der Waals surface area contributed by atoms with Crippen LogP contribution >= 0.6 is 0 Å². The average molecular weight is 179 g/mol. The number of benzene rings is 2. The van der Waals surface area contributed by atoms with Crippen LogP contribution in [0.25, 0.3) is 11.1 Å². The summed E-state index contributed by atoms with van der Waals surface area (Å²) >= 11 is 0. The fourth-order valence-corrected chi connectivity index (χ4v) is 2.19. The maximum atomic E-state index is 3.32. The molecule has 3 rings (SSSR count). The minimum atomic E-state index is 1.07. The maximum absolute atomic E-state index is 3.32. The molecule has 2 aromatic carbocycles. The van der Waals surface area contributed by atoms with Gasteiger partial charge in [-0.2, -0.15) is 0 Å². The predicted octanol–water partition coefficient (Wildman–Crippen LogP) is 3.37. The molecule has 0 nitrogen and oxygen atoms in total. The first-order valence-electron chi connectivity index (χ1n) is 4.94. The summed E-state index contributed by atoms with van der Waals surface area (Å²) in [6.45, 7) is 2.15. The van der Waals surface area contributed by atoms with E-state index in [1.807, 2.05) is 6.07 Å². The van der Waals surface area contributed by atoms with Crippen molar-refractivity contribution in [3.8, 4) is 11.1 Å². The van der Waals surface area contributed by atoms with Gasteiger partial charge in [0, 0.05) is 0 Å². The predicted molar refractivity (Wildman–Crippen MR) is 58.3 cm³/mol. The van der Waals surface area contributed by atoms with E-state index in [0.717, 1.165) is 6.42 Å². The molecule has 0 amide bonds. The Hall–Kier alpha value is -1.56. The standard InChI is InChI=1S/C14H11/c1-10-6-7-14-12(8-10)9-11-4-2-3-5-13(11)14/h2-4,6-8H,9H2,1H3. The largest absolute Gasteiger partial charge is 0.0613 e. The first-order valence-corrected chi connectivity index (χ1v) is 4.94. The van der Waals surface area contributed by atoms with Crippen LogP contribution in [-0.4, -0.2) is 0 Å². The highest BCUT2D eigenvalue weighted by Crippen LogP contribution is 2.36. The van der Waals surface area contributed by atoms with Gasteiger partial charge in [-0.15, -0.1) is 0 Å². The Balaban J connectivity index is 2.27. The van der Waals surface area contributed by atoms with E-state index in [9.17, 15) is 0 Å². The lowest BCUT2D eigenvalue weighted by Crippen LogP contribution is -1.80. The second-order valence-electron chi connectivity index (χ2n) is 3.91. The minimum absolute atomic E-state index is 1.07. The van der Waals surface area contributed by atoms with Crippen molar-refractivity contribution < 1.29 is 0 Å². The summed E-state index contributed by atoms with van der Waals surface area (Å²) in [5, 5.41) is 0. The summed E-state index contributed by atoms with van der Waals surface area (Å²) in [5.74, 6) is 0.